The average Bonchev–Trinajstić information content (AvgIpc) is 3.40. The van der Waals surface area contributed by atoms with Crippen molar-refractivity contribution in [2.45, 2.75) is 56.0 Å². The largest absolute Gasteiger partial charge is 0.480 e. The number of hydrogen-bond acceptors (Lipinski definition) is 5. The quantitative estimate of drug-likeness (QED) is 0.637. The number of nitrogens with one attached hydrogen (secondary N) is 1. The second kappa shape index (κ2) is 9.93. The first-order valence-corrected chi connectivity index (χ1v) is 13.3. The monoisotopic (exact) mass is 494 g/mol. The number of carboxylic acid groups (broad SMARTS) is 1. The van der Waals surface area contributed by atoms with Gasteiger partial charge >= 0.3 is 12.1 Å². The third-order valence-corrected chi connectivity index (χ3v) is 8.67. The van der Waals surface area contributed by atoms with Gasteiger partial charge in [-0.05, 0) is 48.4 Å². The molecule has 8 heteroatoms. The van der Waals surface area contributed by atoms with E-state index in [0.717, 1.165) is 24.0 Å². The van der Waals surface area contributed by atoms with E-state index in [1.165, 1.54) is 27.8 Å². The van der Waals surface area contributed by atoms with Crippen molar-refractivity contribution in [2.24, 2.45) is 5.92 Å². The summed E-state index contributed by atoms with van der Waals surface area (Å²) >= 11 is 1.49. The zero-order valence-corrected chi connectivity index (χ0v) is 20.5. The SMILES string of the molecule is CC1SCC(C(=O)O)N1C(=O)[C@@H]1CCC[C@H](NC(=O)OCC2c3ccccc3-c3ccccc32)C1. The summed E-state index contributed by atoms with van der Waals surface area (Å²) in [6.45, 7) is 2.12. The molecule has 1 aliphatic heterocycles. The van der Waals surface area contributed by atoms with E-state index in [2.05, 4.69) is 29.6 Å². The maximum atomic E-state index is 13.2. The Bertz CT molecular complexity index is 1090. The molecule has 7 nitrogen and oxygen atoms in total. The second-order valence-corrected chi connectivity index (χ2v) is 10.9. The summed E-state index contributed by atoms with van der Waals surface area (Å²) in [7, 11) is 0. The number of carbonyl (C=O) groups excluding carboxylic acids is 2. The Kier molecular flexibility index (Phi) is 6.73. The molecule has 35 heavy (non-hydrogen) atoms. The number of alkyl carbamates (subject to hydrolysis) is 1. The highest BCUT2D eigenvalue weighted by Gasteiger charge is 2.43. The summed E-state index contributed by atoms with van der Waals surface area (Å²) in [6.07, 6.45) is 2.32. The number of rotatable bonds is 5. The van der Waals surface area contributed by atoms with E-state index in [0.29, 0.717) is 18.6 Å². The predicted octanol–water partition coefficient (Wildman–Crippen LogP) is 4.46. The van der Waals surface area contributed by atoms with Gasteiger partial charge in [0.2, 0.25) is 5.91 Å². The summed E-state index contributed by atoms with van der Waals surface area (Å²) in [4.78, 5) is 39.0. The molecule has 1 saturated heterocycles. The van der Waals surface area contributed by atoms with Crippen molar-refractivity contribution in [3.63, 3.8) is 0 Å². The Morgan fingerprint density at radius 3 is 2.37 bits per heavy atom. The van der Waals surface area contributed by atoms with Crippen molar-refractivity contribution >= 4 is 29.7 Å². The lowest BCUT2D eigenvalue weighted by atomic mass is 9.84. The molecule has 2 aliphatic carbocycles. The number of thioether (sulfide) groups is 1. The fourth-order valence-corrected chi connectivity index (χ4v) is 6.91. The van der Waals surface area contributed by atoms with Crippen LogP contribution in [0.25, 0.3) is 11.1 Å². The van der Waals surface area contributed by atoms with Gasteiger partial charge in [-0.1, -0.05) is 55.0 Å². The smallest absolute Gasteiger partial charge is 0.407 e. The van der Waals surface area contributed by atoms with E-state index < -0.39 is 18.1 Å². The van der Waals surface area contributed by atoms with E-state index in [9.17, 15) is 19.5 Å². The van der Waals surface area contributed by atoms with Crippen LogP contribution in [0.3, 0.4) is 0 Å². The van der Waals surface area contributed by atoms with Gasteiger partial charge < -0.3 is 20.1 Å². The van der Waals surface area contributed by atoms with E-state index in [1.807, 2.05) is 31.2 Å². The summed E-state index contributed by atoms with van der Waals surface area (Å²) in [5.41, 5.74) is 4.69. The normalized spacial score (nSPS) is 25.6. The van der Waals surface area contributed by atoms with Crippen LogP contribution in [0.15, 0.2) is 48.5 Å². The van der Waals surface area contributed by atoms with Gasteiger partial charge in [-0.3, -0.25) is 4.79 Å². The zero-order valence-electron chi connectivity index (χ0n) is 19.7. The number of ether oxygens (including phenoxy) is 1. The number of fused-ring (bicyclic) bond motifs is 3. The van der Waals surface area contributed by atoms with Crippen LogP contribution in [0, 0.1) is 5.92 Å². The van der Waals surface area contributed by atoms with E-state index in [1.54, 1.807) is 0 Å². The number of carbonyl (C=O) groups is 3. The number of hydrogen-bond donors (Lipinski definition) is 2. The van der Waals surface area contributed by atoms with Crippen molar-refractivity contribution < 1.29 is 24.2 Å². The Labute approximate surface area is 209 Å². The fraction of sp³-hybridized carbons (Fsp3) is 0.444. The first-order chi connectivity index (χ1) is 16.9. The third kappa shape index (κ3) is 4.63. The first-order valence-electron chi connectivity index (χ1n) is 12.2. The molecule has 2 N–H and O–H groups in total. The van der Waals surface area contributed by atoms with E-state index >= 15 is 0 Å². The molecule has 0 spiro atoms. The highest BCUT2D eigenvalue weighted by Crippen LogP contribution is 2.44. The molecule has 184 valence electrons. The molecular weight excluding hydrogens is 464 g/mol. The fourth-order valence-electron chi connectivity index (χ4n) is 5.73. The molecule has 1 saturated carbocycles. The van der Waals surface area contributed by atoms with E-state index in [-0.39, 0.29) is 35.8 Å². The maximum absolute atomic E-state index is 13.2. The van der Waals surface area contributed by atoms with Crippen LogP contribution in [0.2, 0.25) is 0 Å². The van der Waals surface area contributed by atoms with Gasteiger partial charge in [-0.2, -0.15) is 0 Å². The first kappa shape index (κ1) is 23.7. The van der Waals surface area contributed by atoms with Gasteiger partial charge in [-0.15, -0.1) is 11.8 Å². The topological polar surface area (TPSA) is 95.9 Å². The lowest BCUT2D eigenvalue weighted by molar-refractivity contribution is -0.151. The van der Waals surface area contributed by atoms with Crippen molar-refractivity contribution in [1.82, 2.24) is 10.2 Å². The van der Waals surface area contributed by atoms with Crippen molar-refractivity contribution in [3.05, 3.63) is 59.7 Å². The van der Waals surface area contributed by atoms with Crippen molar-refractivity contribution in [3.8, 4) is 11.1 Å². The van der Waals surface area contributed by atoms with Gasteiger partial charge in [0.05, 0.1) is 5.37 Å². The standard InChI is InChI=1S/C27H30N2O5S/c1-16-29(24(15-35-16)26(31)32)25(30)17-7-6-8-18(13-17)28-27(33)34-14-23-21-11-4-2-9-19(21)20-10-3-5-12-22(20)23/h2-5,9-12,16-18,23-24H,6-8,13-15H2,1H3,(H,28,33)(H,31,32)/t16?,17-,18+,24?/m1/s1. The predicted molar refractivity (Wildman–Crippen MR) is 134 cm³/mol. The molecule has 3 aliphatic rings. The third-order valence-electron chi connectivity index (χ3n) is 7.45. The summed E-state index contributed by atoms with van der Waals surface area (Å²) in [5.74, 6) is -0.953. The van der Waals surface area contributed by atoms with Crippen molar-refractivity contribution in [2.75, 3.05) is 12.4 Å². The zero-order chi connectivity index (χ0) is 24.5. The molecular formula is C27H30N2O5S. The molecule has 2 aromatic carbocycles. The highest BCUT2D eigenvalue weighted by molar-refractivity contribution is 8.00. The van der Waals surface area contributed by atoms with Crippen LogP contribution in [0.5, 0.6) is 0 Å². The Morgan fingerprint density at radius 1 is 1.06 bits per heavy atom. The minimum Gasteiger partial charge on any atom is -0.480 e. The molecule has 4 atom stereocenters. The van der Waals surface area contributed by atoms with Gasteiger partial charge in [-0.25, -0.2) is 9.59 Å². The Hall–Kier alpha value is -3.00. The van der Waals surface area contributed by atoms with E-state index in [4.69, 9.17) is 4.74 Å². The number of nitrogens with zero attached hydrogens (tertiary/aromatic N) is 1. The summed E-state index contributed by atoms with van der Waals surface area (Å²) < 4.78 is 5.68. The van der Waals surface area contributed by atoms with Crippen LogP contribution >= 0.6 is 11.8 Å². The molecule has 1 heterocycles. The van der Waals surface area contributed by atoms with Gasteiger partial charge in [0.25, 0.3) is 0 Å². The Morgan fingerprint density at radius 2 is 1.71 bits per heavy atom. The second-order valence-electron chi connectivity index (χ2n) is 9.56. The highest BCUT2D eigenvalue weighted by atomic mass is 32.2. The van der Waals surface area contributed by atoms with Crippen LogP contribution in [-0.4, -0.2) is 57.8 Å². The Balaban J connectivity index is 1.19. The lowest BCUT2D eigenvalue weighted by Gasteiger charge is -2.34. The maximum Gasteiger partial charge on any atom is 0.407 e. The number of amides is 2. The minimum atomic E-state index is -0.959. The molecule has 2 fully saturated rings. The van der Waals surface area contributed by atoms with Crippen molar-refractivity contribution in [1.29, 1.82) is 0 Å². The van der Waals surface area contributed by atoms with Gasteiger partial charge in [0.15, 0.2) is 0 Å². The van der Waals surface area contributed by atoms with Crippen LogP contribution in [-0.2, 0) is 14.3 Å². The molecule has 2 aromatic rings. The molecule has 0 radical (unpaired) electrons. The number of benzene rings is 2. The number of carboxylic acids is 1. The average molecular weight is 495 g/mol. The number of aliphatic carboxylic acids is 1. The summed E-state index contributed by atoms with van der Waals surface area (Å²) in [5, 5.41) is 12.3. The summed E-state index contributed by atoms with van der Waals surface area (Å²) in [6, 6.07) is 15.5. The molecule has 2 unspecified atom stereocenters. The molecule has 0 aromatic heterocycles. The minimum absolute atomic E-state index is 0.00376. The lowest BCUT2D eigenvalue weighted by Crippen LogP contribution is -2.49. The van der Waals surface area contributed by atoms with Crippen LogP contribution < -0.4 is 5.32 Å². The van der Waals surface area contributed by atoms with Gasteiger partial charge in [0, 0.05) is 23.6 Å². The van der Waals surface area contributed by atoms with Crippen LogP contribution in [0.4, 0.5) is 4.79 Å². The molecule has 0 bridgehead atoms. The molecule has 5 rings (SSSR count). The van der Waals surface area contributed by atoms with Crippen LogP contribution in [0.1, 0.15) is 49.7 Å². The molecule has 2 amide bonds. The van der Waals surface area contributed by atoms with Gasteiger partial charge in [0.1, 0.15) is 12.6 Å².